The Hall–Kier alpha value is -3.20. The Bertz CT molecular complexity index is 1230. The number of piperidine rings is 1. The van der Waals surface area contributed by atoms with Gasteiger partial charge in [-0.3, -0.25) is 4.79 Å². The van der Waals surface area contributed by atoms with E-state index in [1.54, 1.807) is 22.1 Å². The molecule has 0 bridgehead atoms. The Labute approximate surface area is 202 Å². The van der Waals surface area contributed by atoms with E-state index in [4.69, 9.17) is 4.74 Å². The van der Waals surface area contributed by atoms with Crippen molar-refractivity contribution in [2.45, 2.75) is 46.7 Å². The lowest BCUT2D eigenvalue weighted by molar-refractivity contribution is 0.0699. The van der Waals surface area contributed by atoms with E-state index in [-0.39, 0.29) is 11.9 Å². The molecule has 0 unspecified atom stereocenters. The van der Waals surface area contributed by atoms with Gasteiger partial charge < -0.3 is 15.0 Å². The van der Waals surface area contributed by atoms with E-state index in [2.05, 4.69) is 15.4 Å². The maximum absolute atomic E-state index is 13.6. The fourth-order valence-electron chi connectivity index (χ4n) is 4.82. The predicted octanol–water partition coefficient (Wildman–Crippen LogP) is 4.20. The highest BCUT2D eigenvalue weighted by Crippen LogP contribution is 2.50. The number of aromatic nitrogens is 3. The van der Waals surface area contributed by atoms with Gasteiger partial charge in [-0.05, 0) is 51.5 Å². The highest BCUT2D eigenvalue weighted by Gasteiger charge is 2.54. The van der Waals surface area contributed by atoms with Gasteiger partial charge in [0.2, 0.25) is 5.88 Å². The lowest BCUT2D eigenvalue weighted by Gasteiger charge is -2.27. The first-order valence-electron chi connectivity index (χ1n) is 11.7. The molecule has 178 valence electrons. The molecule has 0 spiro atoms. The highest BCUT2D eigenvalue weighted by atomic mass is 32.1. The molecule has 1 aromatic carbocycles. The van der Waals surface area contributed by atoms with Gasteiger partial charge in [-0.2, -0.15) is 5.10 Å². The Morgan fingerprint density at radius 1 is 1.21 bits per heavy atom. The molecule has 3 aromatic rings. The molecule has 1 aliphatic carbocycles. The van der Waals surface area contributed by atoms with Crippen molar-refractivity contribution in [3.63, 3.8) is 0 Å². The Balaban J connectivity index is 1.29. The minimum absolute atomic E-state index is 0.0595. The van der Waals surface area contributed by atoms with Gasteiger partial charge in [0.1, 0.15) is 5.69 Å². The van der Waals surface area contributed by atoms with Gasteiger partial charge in [0, 0.05) is 25.7 Å². The average molecular weight is 480 g/mol. The maximum Gasteiger partial charge on any atom is 0.414 e. The van der Waals surface area contributed by atoms with Gasteiger partial charge in [0.15, 0.2) is 0 Å². The van der Waals surface area contributed by atoms with Crippen molar-refractivity contribution in [2.75, 3.05) is 13.1 Å². The number of aryl methyl sites for hydroxylation is 4. The predicted molar refractivity (Wildman–Crippen MR) is 130 cm³/mol. The zero-order valence-electron chi connectivity index (χ0n) is 19.9. The zero-order valence-corrected chi connectivity index (χ0v) is 20.7. The van der Waals surface area contributed by atoms with E-state index < -0.39 is 6.09 Å². The van der Waals surface area contributed by atoms with E-state index in [1.165, 1.54) is 5.56 Å². The number of nitrogens with one attached hydrogen (secondary N) is 1. The number of ether oxygens (including phenoxy) is 1. The maximum atomic E-state index is 13.6. The van der Waals surface area contributed by atoms with Gasteiger partial charge >= 0.3 is 6.09 Å². The summed E-state index contributed by atoms with van der Waals surface area (Å²) in [4.78, 5) is 33.5. The number of rotatable bonds is 6. The van der Waals surface area contributed by atoms with Crippen LogP contribution in [-0.4, -0.2) is 50.8 Å². The third-order valence-electron chi connectivity index (χ3n) is 6.63. The lowest BCUT2D eigenvalue weighted by atomic mass is 10.1. The van der Waals surface area contributed by atoms with Crippen LogP contribution in [0.5, 0.6) is 5.88 Å². The second-order valence-corrected chi connectivity index (χ2v) is 10.4. The minimum Gasteiger partial charge on any atom is -0.392 e. The molecular weight excluding hydrogens is 450 g/mol. The molecule has 5 rings (SSSR count). The third kappa shape index (κ3) is 4.32. The minimum atomic E-state index is -0.532. The summed E-state index contributed by atoms with van der Waals surface area (Å²) < 4.78 is 7.12. The molecule has 2 aromatic heterocycles. The van der Waals surface area contributed by atoms with Crippen LogP contribution in [-0.2, 0) is 6.54 Å². The molecule has 1 saturated carbocycles. The van der Waals surface area contributed by atoms with Crippen LogP contribution in [0.4, 0.5) is 4.79 Å². The molecule has 3 atom stereocenters. The molecule has 2 fully saturated rings. The average Bonchev–Trinajstić information content (AvgIpc) is 3.12. The number of thiazole rings is 1. The lowest BCUT2D eigenvalue weighted by Crippen LogP contribution is -2.46. The molecule has 1 saturated heterocycles. The van der Waals surface area contributed by atoms with Crippen LogP contribution < -0.4 is 10.1 Å². The van der Waals surface area contributed by atoms with Gasteiger partial charge in [-0.15, -0.1) is 11.3 Å². The van der Waals surface area contributed by atoms with E-state index in [9.17, 15) is 9.59 Å². The molecule has 0 radical (unpaired) electrons. The normalized spacial score (nSPS) is 20.8. The number of nitrogens with zero attached hydrogens (tertiary/aromatic N) is 4. The summed E-state index contributed by atoms with van der Waals surface area (Å²) in [5.41, 5.74) is 3.47. The van der Waals surface area contributed by atoms with Crippen LogP contribution in [0.2, 0.25) is 0 Å². The first-order valence-corrected chi connectivity index (χ1v) is 12.5. The number of amides is 2. The van der Waals surface area contributed by atoms with Crippen LogP contribution in [0, 0.1) is 32.6 Å². The van der Waals surface area contributed by atoms with E-state index in [0.717, 1.165) is 27.6 Å². The molecule has 1 aliphatic heterocycles. The number of hydrogen-bond donors (Lipinski definition) is 1. The van der Waals surface area contributed by atoms with Crippen LogP contribution in [0.15, 0.2) is 30.3 Å². The number of carbonyl (C=O) groups excluding carboxylic acids is 2. The molecule has 2 aliphatic rings. The van der Waals surface area contributed by atoms with Crippen LogP contribution in [0.25, 0.3) is 10.4 Å². The van der Waals surface area contributed by atoms with Crippen molar-refractivity contribution >= 4 is 23.3 Å². The standard InChI is InChI=1S/C25H29N5O3S/c1-5-30-21(10-15(3)28-30)33-25(32)26-12-20-19-11-18(19)13-29(20)24(31)22-23(34-16(4)27-22)17-8-6-14(2)7-9-17/h6-10,18-20H,5,11-13H2,1-4H3,(H,26,32)/t18-,19-,20+/m0/s1. The summed E-state index contributed by atoms with van der Waals surface area (Å²) in [6.07, 6.45) is 0.560. The van der Waals surface area contributed by atoms with Crippen molar-refractivity contribution in [2.24, 2.45) is 11.8 Å². The van der Waals surface area contributed by atoms with Crippen LogP contribution >= 0.6 is 11.3 Å². The molecule has 8 nitrogen and oxygen atoms in total. The molecular formula is C25H29N5O3S. The first-order chi connectivity index (χ1) is 16.3. The third-order valence-corrected chi connectivity index (χ3v) is 7.65. The number of carbonyl (C=O) groups is 2. The molecule has 1 N–H and O–H groups in total. The Kier molecular flexibility index (Phi) is 5.89. The van der Waals surface area contributed by atoms with Crippen molar-refractivity contribution in [1.29, 1.82) is 0 Å². The summed E-state index contributed by atoms with van der Waals surface area (Å²) in [6.45, 7) is 9.45. The second kappa shape index (κ2) is 8.87. The SMILES string of the molecule is CCn1nc(C)cc1OC(=O)NC[C@@H]1[C@H]2C[C@H]2CN1C(=O)c1nc(C)sc1-c1ccc(C)cc1. The van der Waals surface area contributed by atoms with Gasteiger partial charge in [0.05, 0.1) is 21.6 Å². The number of fused-ring (bicyclic) bond motifs is 1. The Morgan fingerprint density at radius 3 is 2.71 bits per heavy atom. The zero-order chi connectivity index (χ0) is 24.0. The van der Waals surface area contributed by atoms with Crippen molar-refractivity contribution in [3.8, 4) is 16.3 Å². The molecule has 2 amide bonds. The fourth-order valence-corrected chi connectivity index (χ4v) is 5.74. The first kappa shape index (κ1) is 22.6. The topological polar surface area (TPSA) is 89.4 Å². The monoisotopic (exact) mass is 479 g/mol. The summed E-state index contributed by atoms with van der Waals surface area (Å²) in [6, 6.07) is 9.86. The van der Waals surface area contributed by atoms with Crippen LogP contribution in [0.1, 0.15) is 40.1 Å². The van der Waals surface area contributed by atoms with Gasteiger partial charge in [0.25, 0.3) is 5.91 Å². The van der Waals surface area contributed by atoms with Gasteiger partial charge in [-0.1, -0.05) is 29.8 Å². The summed E-state index contributed by atoms with van der Waals surface area (Å²) in [5.74, 6) is 1.27. The fraction of sp³-hybridized carbons (Fsp3) is 0.440. The summed E-state index contributed by atoms with van der Waals surface area (Å²) >= 11 is 1.54. The summed E-state index contributed by atoms with van der Waals surface area (Å²) in [5, 5.41) is 8.04. The van der Waals surface area contributed by atoms with Crippen molar-refractivity contribution in [1.82, 2.24) is 25.0 Å². The van der Waals surface area contributed by atoms with E-state index in [0.29, 0.717) is 43.0 Å². The molecule has 9 heteroatoms. The van der Waals surface area contributed by atoms with E-state index >= 15 is 0 Å². The van der Waals surface area contributed by atoms with Crippen LogP contribution in [0.3, 0.4) is 0 Å². The number of benzene rings is 1. The second-order valence-electron chi connectivity index (χ2n) is 9.17. The largest absolute Gasteiger partial charge is 0.414 e. The number of hydrogen-bond acceptors (Lipinski definition) is 6. The Morgan fingerprint density at radius 2 is 1.97 bits per heavy atom. The highest BCUT2D eigenvalue weighted by molar-refractivity contribution is 7.15. The molecule has 3 heterocycles. The van der Waals surface area contributed by atoms with Gasteiger partial charge in [-0.25, -0.2) is 14.5 Å². The van der Waals surface area contributed by atoms with Crippen molar-refractivity contribution < 1.29 is 14.3 Å². The molecule has 34 heavy (non-hydrogen) atoms. The smallest absolute Gasteiger partial charge is 0.392 e. The van der Waals surface area contributed by atoms with E-state index in [1.807, 2.05) is 56.9 Å². The quantitative estimate of drug-likeness (QED) is 0.572. The number of likely N-dealkylation sites (tertiary alicyclic amines) is 1. The summed E-state index contributed by atoms with van der Waals surface area (Å²) in [7, 11) is 0. The van der Waals surface area contributed by atoms with Crippen molar-refractivity contribution in [3.05, 3.63) is 52.3 Å².